The summed E-state index contributed by atoms with van der Waals surface area (Å²) in [6.07, 6.45) is 4.88. The zero-order valence-corrected chi connectivity index (χ0v) is 12.0. The SMILES string of the molecule is COc1ccc(NC(=O)c2sc3cnccc3c2N)cn1. The second kappa shape index (κ2) is 5.37. The Hall–Kier alpha value is -2.67. The van der Waals surface area contributed by atoms with E-state index in [1.807, 2.05) is 0 Å². The van der Waals surface area contributed by atoms with E-state index in [9.17, 15) is 4.79 Å². The van der Waals surface area contributed by atoms with Gasteiger partial charge in [0.1, 0.15) is 4.88 Å². The summed E-state index contributed by atoms with van der Waals surface area (Å²) in [6.45, 7) is 0. The van der Waals surface area contributed by atoms with Crippen LogP contribution in [0, 0.1) is 0 Å². The number of hydrogen-bond donors (Lipinski definition) is 2. The standard InChI is InChI=1S/C14H12N4O2S/c1-20-11-3-2-8(6-17-11)18-14(19)13-12(15)9-4-5-16-7-10(9)21-13/h2-7H,15H2,1H3,(H,18,19). The van der Waals surface area contributed by atoms with E-state index in [1.54, 1.807) is 30.6 Å². The number of nitrogens with two attached hydrogens (primary N) is 1. The maximum absolute atomic E-state index is 12.3. The Morgan fingerprint density at radius 3 is 2.86 bits per heavy atom. The van der Waals surface area contributed by atoms with E-state index in [2.05, 4.69) is 15.3 Å². The van der Waals surface area contributed by atoms with E-state index >= 15 is 0 Å². The van der Waals surface area contributed by atoms with Crippen LogP contribution in [0.15, 0.2) is 36.8 Å². The van der Waals surface area contributed by atoms with E-state index in [0.717, 1.165) is 10.1 Å². The predicted molar refractivity (Wildman–Crippen MR) is 82.8 cm³/mol. The van der Waals surface area contributed by atoms with Crippen LogP contribution < -0.4 is 15.8 Å². The number of ether oxygens (including phenoxy) is 1. The summed E-state index contributed by atoms with van der Waals surface area (Å²) in [6, 6.07) is 5.19. The van der Waals surface area contributed by atoms with Crippen molar-refractivity contribution in [3.05, 3.63) is 41.7 Å². The highest BCUT2D eigenvalue weighted by Gasteiger charge is 2.16. The summed E-state index contributed by atoms with van der Waals surface area (Å²) in [5.74, 6) is 0.223. The number of thiophene rings is 1. The van der Waals surface area contributed by atoms with E-state index in [1.165, 1.54) is 24.6 Å². The van der Waals surface area contributed by atoms with Gasteiger partial charge in [-0.05, 0) is 12.1 Å². The molecule has 0 aliphatic carbocycles. The molecule has 7 heteroatoms. The first-order valence-corrected chi connectivity index (χ1v) is 6.94. The maximum atomic E-state index is 12.3. The molecule has 106 valence electrons. The van der Waals surface area contributed by atoms with Crippen molar-refractivity contribution < 1.29 is 9.53 Å². The molecule has 0 fully saturated rings. The normalized spacial score (nSPS) is 10.5. The van der Waals surface area contributed by atoms with Gasteiger partial charge < -0.3 is 15.8 Å². The van der Waals surface area contributed by atoms with Crippen molar-refractivity contribution in [3.8, 4) is 5.88 Å². The molecular weight excluding hydrogens is 288 g/mol. The largest absolute Gasteiger partial charge is 0.481 e. The molecule has 0 radical (unpaired) electrons. The summed E-state index contributed by atoms with van der Waals surface area (Å²) in [4.78, 5) is 20.8. The van der Waals surface area contributed by atoms with Gasteiger partial charge in [0.15, 0.2) is 0 Å². The molecule has 1 amide bonds. The zero-order valence-electron chi connectivity index (χ0n) is 11.2. The van der Waals surface area contributed by atoms with Gasteiger partial charge in [0.2, 0.25) is 5.88 Å². The molecule has 3 heterocycles. The lowest BCUT2D eigenvalue weighted by atomic mass is 10.2. The highest BCUT2D eigenvalue weighted by Crippen LogP contribution is 2.33. The van der Waals surface area contributed by atoms with Crippen molar-refractivity contribution in [2.24, 2.45) is 0 Å². The second-order valence-electron chi connectivity index (χ2n) is 4.26. The third-order valence-electron chi connectivity index (χ3n) is 2.94. The lowest BCUT2D eigenvalue weighted by Gasteiger charge is -2.04. The molecule has 6 nitrogen and oxygen atoms in total. The molecule has 3 rings (SSSR count). The third-order valence-corrected chi connectivity index (χ3v) is 4.10. The Morgan fingerprint density at radius 1 is 1.33 bits per heavy atom. The first-order valence-electron chi connectivity index (χ1n) is 6.12. The van der Waals surface area contributed by atoms with Crippen molar-refractivity contribution in [3.63, 3.8) is 0 Å². The topological polar surface area (TPSA) is 90.1 Å². The first-order chi connectivity index (χ1) is 10.2. The molecule has 3 aromatic rings. The van der Waals surface area contributed by atoms with E-state index in [4.69, 9.17) is 10.5 Å². The number of fused-ring (bicyclic) bond motifs is 1. The summed E-state index contributed by atoms with van der Waals surface area (Å²) < 4.78 is 5.85. The third kappa shape index (κ3) is 2.50. The fourth-order valence-corrected chi connectivity index (χ4v) is 2.89. The molecule has 0 spiro atoms. The number of methoxy groups -OCH3 is 1. The molecule has 0 bridgehead atoms. The fourth-order valence-electron chi connectivity index (χ4n) is 1.90. The number of anilines is 2. The summed E-state index contributed by atoms with van der Waals surface area (Å²) in [5, 5.41) is 3.61. The Labute approximate surface area is 124 Å². The smallest absolute Gasteiger partial charge is 0.267 e. The molecule has 0 saturated carbocycles. The van der Waals surface area contributed by atoms with Crippen molar-refractivity contribution in [1.82, 2.24) is 9.97 Å². The zero-order chi connectivity index (χ0) is 14.8. The van der Waals surface area contributed by atoms with Gasteiger partial charge in [-0.1, -0.05) is 0 Å². The number of nitrogens with zero attached hydrogens (tertiary/aromatic N) is 2. The second-order valence-corrected chi connectivity index (χ2v) is 5.31. The first kappa shape index (κ1) is 13.3. The number of aromatic nitrogens is 2. The fraction of sp³-hybridized carbons (Fsp3) is 0.0714. The highest BCUT2D eigenvalue weighted by atomic mass is 32.1. The Kier molecular flexibility index (Phi) is 3.41. The predicted octanol–water partition coefficient (Wildman–Crippen LogP) is 2.53. The number of pyridine rings is 2. The number of hydrogen-bond acceptors (Lipinski definition) is 6. The van der Waals surface area contributed by atoms with Crippen LogP contribution in [0.5, 0.6) is 5.88 Å². The molecule has 0 aromatic carbocycles. The van der Waals surface area contributed by atoms with Crippen LogP contribution in [0.25, 0.3) is 10.1 Å². The van der Waals surface area contributed by atoms with Crippen LogP contribution in [0.3, 0.4) is 0 Å². The van der Waals surface area contributed by atoms with E-state index in [-0.39, 0.29) is 5.91 Å². The van der Waals surface area contributed by atoms with Crippen molar-refractivity contribution >= 4 is 38.7 Å². The molecule has 3 aromatic heterocycles. The number of carbonyl (C=O) groups excluding carboxylic acids is 1. The molecule has 21 heavy (non-hydrogen) atoms. The van der Waals surface area contributed by atoms with Gasteiger partial charge in [0.25, 0.3) is 5.91 Å². The van der Waals surface area contributed by atoms with Crippen LogP contribution >= 0.6 is 11.3 Å². The Morgan fingerprint density at radius 2 is 2.19 bits per heavy atom. The van der Waals surface area contributed by atoms with Gasteiger partial charge in [-0.25, -0.2) is 4.98 Å². The van der Waals surface area contributed by atoms with Crippen molar-refractivity contribution in [1.29, 1.82) is 0 Å². The molecule has 3 N–H and O–H groups in total. The van der Waals surface area contributed by atoms with E-state index < -0.39 is 0 Å². The minimum atomic E-state index is -0.263. The Balaban J connectivity index is 1.87. The lowest BCUT2D eigenvalue weighted by Crippen LogP contribution is -2.12. The monoisotopic (exact) mass is 300 g/mol. The average Bonchev–Trinajstić information content (AvgIpc) is 2.86. The van der Waals surface area contributed by atoms with Crippen LogP contribution in [0.1, 0.15) is 9.67 Å². The molecule has 0 atom stereocenters. The molecule has 0 unspecified atom stereocenters. The van der Waals surface area contributed by atoms with E-state index in [0.29, 0.717) is 22.1 Å². The molecular formula is C14H12N4O2S. The maximum Gasteiger partial charge on any atom is 0.267 e. The lowest BCUT2D eigenvalue weighted by molar-refractivity contribution is 0.103. The van der Waals surface area contributed by atoms with Gasteiger partial charge in [-0.2, -0.15) is 0 Å². The average molecular weight is 300 g/mol. The number of carbonyl (C=O) groups is 1. The number of amides is 1. The number of nitrogen functional groups attached to an aromatic ring is 1. The highest BCUT2D eigenvalue weighted by molar-refractivity contribution is 7.21. The summed E-state index contributed by atoms with van der Waals surface area (Å²) >= 11 is 1.31. The Bertz CT molecular complexity index is 798. The van der Waals surface area contributed by atoms with Gasteiger partial charge >= 0.3 is 0 Å². The number of nitrogens with one attached hydrogen (secondary N) is 1. The minimum Gasteiger partial charge on any atom is -0.481 e. The number of rotatable bonds is 3. The summed E-state index contributed by atoms with van der Waals surface area (Å²) in [7, 11) is 1.53. The quantitative estimate of drug-likeness (QED) is 0.775. The minimum absolute atomic E-state index is 0.263. The van der Waals surface area contributed by atoms with Crippen LogP contribution in [0.2, 0.25) is 0 Å². The molecule has 0 aliphatic heterocycles. The van der Waals surface area contributed by atoms with Gasteiger partial charge in [-0.15, -0.1) is 11.3 Å². The van der Waals surface area contributed by atoms with Crippen molar-refractivity contribution in [2.45, 2.75) is 0 Å². The molecule has 0 aliphatic rings. The summed E-state index contributed by atoms with van der Waals surface area (Å²) in [5.41, 5.74) is 7.07. The van der Waals surface area contributed by atoms with Crippen LogP contribution in [-0.2, 0) is 0 Å². The van der Waals surface area contributed by atoms with Gasteiger partial charge in [-0.3, -0.25) is 9.78 Å². The van der Waals surface area contributed by atoms with Crippen molar-refractivity contribution in [2.75, 3.05) is 18.2 Å². The molecule has 0 saturated heterocycles. The van der Waals surface area contributed by atoms with Crippen LogP contribution in [0.4, 0.5) is 11.4 Å². The van der Waals surface area contributed by atoms with Gasteiger partial charge in [0, 0.05) is 23.8 Å². The van der Waals surface area contributed by atoms with Crippen LogP contribution in [-0.4, -0.2) is 23.0 Å². The van der Waals surface area contributed by atoms with Gasteiger partial charge in [0.05, 0.1) is 29.4 Å².